The van der Waals surface area contributed by atoms with Gasteiger partial charge in [0.15, 0.2) is 5.58 Å². The van der Waals surface area contributed by atoms with E-state index in [0.29, 0.717) is 34.7 Å². The number of hydrogen-bond acceptors (Lipinski definition) is 5. The van der Waals surface area contributed by atoms with E-state index in [0.717, 1.165) is 6.42 Å². The Morgan fingerprint density at radius 2 is 2.08 bits per heavy atom. The van der Waals surface area contributed by atoms with Crippen molar-refractivity contribution in [2.45, 2.75) is 19.8 Å². The van der Waals surface area contributed by atoms with Gasteiger partial charge < -0.3 is 9.73 Å². The maximum atomic E-state index is 11.9. The summed E-state index contributed by atoms with van der Waals surface area (Å²) in [5.41, 5.74) is 2.02. The molecule has 0 spiro atoms. The van der Waals surface area contributed by atoms with Crippen molar-refractivity contribution in [1.29, 1.82) is 0 Å². The molecule has 0 fully saturated rings. The monoisotopic (exact) mass is 325 g/mol. The number of benzene rings is 2. The van der Waals surface area contributed by atoms with Crippen LogP contribution in [0.2, 0.25) is 0 Å². The molecule has 7 nitrogen and oxygen atoms in total. The van der Waals surface area contributed by atoms with E-state index in [1.165, 1.54) is 18.2 Å². The predicted molar refractivity (Wildman–Crippen MR) is 89.6 cm³/mol. The van der Waals surface area contributed by atoms with Crippen LogP contribution in [0.5, 0.6) is 0 Å². The number of non-ortho nitro benzene ring substituents is 1. The van der Waals surface area contributed by atoms with Crippen molar-refractivity contribution >= 4 is 28.4 Å². The second kappa shape index (κ2) is 6.49. The summed E-state index contributed by atoms with van der Waals surface area (Å²) in [6, 6.07) is 11.4. The second-order valence-electron chi connectivity index (χ2n) is 5.27. The van der Waals surface area contributed by atoms with Gasteiger partial charge in [-0.1, -0.05) is 19.1 Å². The van der Waals surface area contributed by atoms with E-state index < -0.39 is 4.92 Å². The normalized spacial score (nSPS) is 10.7. The Morgan fingerprint density at radius 3 is 2.83 bits per heavy atom. The zero-order valence-corrected chi connectivity index (χ0v) is 13.0. The van der Waals surface area contributed by atoms with Crippen molar-refractivity contribution in [3.63, 3.8) is 0 Å². The number of fused-ring (bicyclic) bond motifs is 1. The molecule has 0 atom stereocenters. The van der Waals surface area contributed by atoms with Gasteiger partial charge in [0.1, 0.15) is 5.52 Å². The Labute approximate surface area is 137 Å². The number of hydrogen-bond donors (Lipinski definition) is 1. The molecule has 0 saturated carbocycles. The van der Waals surface area contributed by atoms with E-state index in [4.69, 9.17) is 4.42 Å². The van der Waals surface area contributed by atoms with Crippen LogP contribution < -0.4 is 5.32 Å². The number of anilines is 1. The minimum atomic E-state index is -0.479. The van der Waals surface area contributed by atoms with Crippen LogP contribution in [-0.2, 0) is 4.79 Å². The van der Waals surface area contributed by atoms with Crippen LogP contribution in [0.1, 0.15) is 19.8 Å². The smallest absolute Gasteiger partial charge is 0.271 e. The number of nitro groups is 1. The van der Waals surface area contributed by atoms with Crippen molar-refractivity contribution in [2.75, 3.05) is 5.32 Å². The molecule has 1 heterocycles. The number of carbonyl (C=O) groups excluding carboxylic acids is 1. The number of oxazole rings is 1. The summed E-state index contributed by atoms with van der Waals surface area (Å²) in [5, 5.41) is 13.7. The third kappa shape index (κ3) is 3.10. The largest absolute Gasteiger partial charge is 0.436 e. The third-order valence-electron chi connectivity index (χ3n) is 3.49. The zero-order valence-electron chi connectivity index (χ0n) is 13.0. The maximum absolute atomic E-state index is 11.9. The molecule has 7 heteroatoms. The molecule has 0 bridgehead atoms. The van der Waals surface area contributed by atoms with Gasteiger partial charge in [0.05, 0.1) is 16.2 Å². The highest BCUT2D eigenvalue weighted by atomic mass is 16.6. The molecule has 122 valence electrons. The third-order valence-corrected chi connectivity index (χ3v) is 3.49. The number of carbonyl (C=O) groups is 1. The second-order valence-corrected chi connectivity index (χ2v) is 5.27. The molecule has 1 N–H and O–H groups in total. The SMILES string of the molecule is CCCC(=O)Nc1ccccc1-c1nc2cc([N+](=O)[O-])ccc2o1. The van der Waals surface area contributed by atoms with E-state index in [1.807, 2.05) is 13.0 Å². The lowest BCUT2D eigenvalue weighted by atomic mass is 10.1. The van der Waals surface area contributed by atoms with E-state index in [2.05, 4.69) is 10.3 Å². The van der Waals surface area contributed by atoms with E-state index in [1.54, 1.807) is 18.2 Å². The van der Waals surface area contributed by atoms with Crippen LogP contribution >= 0.6 is 0 Å². The van der Waals surface area contributed by atoms with E-state index in [-0.39, 0.29) is 11.6 Å². The molecule has 3 rings (SSSR count). The number of nitro benzene ring substituents is 1. The Balaban J connectivity index is 2.01. The van der Waals surface area contributed by atoms with Gasteiger partial charge in [0, 0.05) is 18.6 Å². The first-order valence-corrected chi connectivity index (χ1v) is 7.52. The molecule has 0 unspecified atom stereocenters. The van der Waals surface area contributed by atoms with E-state index in [9.17, 15) is 14.9 Å². The fraction of sp³-hybridized carbons (Fsp3) is 0.176. The average Bonchev–Trinajstić information content (AvgIpc) is 2.98. The molecule has 0 aliphatic heterocycles. The van der Waals surface area contributed by atoms with Gasteiger partial charge in [-0.05, 0) is 24.6 Å². The highest BCUT2D eigenvalue weighted by Crippen LogP contribution is 2.31. The number of nitrogens with one attached hydrogen (secondary N) is 1. The highest BCUT2D eigenvalue weighted by Gasteiger charge is 2.15. The summed E-state index contributed by atoms with van der Waals surface area (Å²) >= 11 is 0. The summed E-state index contributed by atoms with van der Waals surface area (Å²) in [4.78, 5) is 26.5. The van der Waals surface area contributed by atoms with Gasteiger partial charge in [-0.25, -0.2) is 4.98 Å². The van der Waals surface area contributed by atoms with Gasteiger partial charge in [0.25, 0.3) is 5.69 Å². The minimum absolute atomic E-state index is 0.0492. The Kier molecular flexibility index (Phi) is 4.24. The molecule has 3 aromatic rings. The lowest BCUT2D eigenvalue weighted by Crippen LogP contribution is -2.11. The molecule has 1 amide bonds. The predicted octanol–water partition coefficient (Wildman–Crippen LogP) is 4.14. The number of aromatic nitrogens is 1. The number of para-hydroxylation sites is 1. The summed E-state index contributed by atoms with van der Waals surface area (Å²) in [6.07, 6.45) is 1.18. The van der Waals surface area contributed by atoms with Crippen LogP contribution in [0.25, 0.3) is 22.6 Å². The number of nitrogens with zero attached hydrogens (tertiary/aromatic N) is 2. The number of rotatable bonds is 5. The average molecular weight is 325 g/mol. The fourth-order valence-corrected chi connectivity index (χ4v) is 2.36. The van der Waals surface area contributed by atoms with Crippen LogP contribution in [0, 0.1) is 10.1 Å². The van der Waals surface area contributed by atoms with Gasteiger partial charge in [0.2, 0.25) is 11.8 Å². The minimum Gasteiger partial charge on any atom is -0.436 e. The summed E-state index contributed by atoms with van der Waals surface area (Å²) in [7, 11) is 0. The van der Waals surface area contributed by atoms with Crippen LogP contribution in [0.3, 0.4) is 0 Å². The molecule has 0 aliphatic rings. The topological polar surface area (TPSA) is 98.3 Å². The Morgan fingerprint density at radius 1 is 1.29 bits per heavy atom. The molecular formula is C17H15N3O4. The molecule has 0 aliphatic carbocycles. The summed E-state index contributed by atoms with van der Waals surface area (Å²) in [6.45, 7) is 1.93. The molecule has 0 radical (unpaired) electrons. The fourth-order valence-electron chi connectivity index (χ4n) is 2.36. The van der Waals surface area contributed by atoms with Crippen LogP contribution in [0.15, 0.2) is 46.9 Å². The summed E-state index contributed by atoms with van der Waals surface area (Å²) in [5.74, 6) is 0.217. The van der Waals surface area contributed by atoms with Gasteiger partial charge in [-0.15, -0.1) is 0 Å². The Bertz CT molecular complexity index is 917. The van der Waals surface area contributed by atoms with Crippen molar-refractivity contribution in [3.05, 3.63) is 52.6 Å². The lowest BCUT2D eigenvalue weighted by Gasteiger charge is -2.08. The molecule has 1 aromatic heterocycles. The van der Waals surface area contributed by atoms with Crippen molar-refractivity contribution in [3.8, 4) is 11.5 Å². The summed E-state index contributed by atoms with van der Waals surface area (Å²) < 4.78 is 5.69. The molecular weight excluding hydrogens is 310 g/mol. The standard InChI is InChI=1S/C17H15N3O4/c1-2-5-16(21)18-13-7-4-3-6-12(13)17-19-14-10-11(20(22)23)8-9-15(14)24-17/h3-4,6-10H,2,5H2,1H3,(H,18,21). The maximum Gasteiger partial charge on any atom is 0.271 e. The highest BCUT2D eigenvalue weighted by molar-refractivity contribution is 5.95. The molecule has 2 aromatic carbocycles. The van der Waals surface area contributed by atoms with Crippen molar-refractivity contribution in [1.82, 2.24) is 4.98 Å². The zero-order chi connectivity index (χ0) is 17.1. The molecule has 24 heavy (non-hydrogen) atoms. The van der Waals surface area contributed by atoms with Gasteiger partial charge >= 0.3 is 0 Å². The van der Waals surface area contributed by atoms with Crippen molar-refractivity contribution in [2.24, 2.45) is 0 Å². The van der Waals surface area contributed by atoms with Crippen LogP contribution in [0.4, 0.5) is 11.4 Å². The first-order valence-electron chi connectivity index (χ1n) is 7.52. The Hall–Kier alpha value is -3.22. The lowest BCUT2D eigenvalue weighted by molar-refractivity contribution is -0.384. The van der Waals surface area contributed by atoms with E-state index >= 15 is 0 Å². The van der Waals surface area contributed by atoms with Gasteiger partial charge in [-0.2, -0.15) is 0 Å². The first-order chi connectivity index (χ1) is 11.6. The van der Waals surface area contributed by atoms with Crippen LogP contribution in [-0.4, -0.2) is 15.8 Å². The quantitative estimate of drug-likeness (QED) is 0.561. The molecule has 0 saturated heterocycles. The van der Waals surface area contributed by atoms with Gasteiger partial charge in [-0.3, -0.25) is 14.9 Å². The van der Waals surface area contributed by atoms with Crippen molar-refractivity contribution < 1.29 is 14.1 Å². The first kappa shape index (κ1) is 15.7. The number of amides is 1.